The van der Waals surface area contributed by atoms with Crippen LogP contribution in [0.25, 0.3) is 0 Å². The van der Waals surface area contributed by atoms with Crippen LogP contribution < -0.4 is 10.1 Å². The third-order valence-electron chi connectivity index (χ3n) is 4.63. The maximum atomic E-state index is 13.0. The van der Waals surface area contributed by atoms with E-state index in [4.69, 9.17) is 0 Å². The molecule has 3 rings (SSSR count). The van der Waals surface area contributed by atoms with Gasteiger partial charge in [-0.2, -0.15) is 18.4 Å². The first-order valence-corrected chi connectivity index (χ1v) is 9.21. The van der Waals surface area contributed by atoms with Crippen molar-refractivity contribution in [3.05, 3.63) is 59.7 Å². The van der Waals surface area contributed by atoms with Crippen LogP contribution in [0, 0.1) is 11.3 Å². The van der Waals surface area contributed by atoms with Crippen molar-refractivity contribution in [2.45, 2.75) is 25.1 Å². The average molecular weight is 403 g/mol. The molecule has 2 aromatic rings. The number of ether oxygens (including phenoxy) is 1. The molecule has 1 amide bonds. The molecule has 1 heterocycles. The van der Waals surface area contributed by atoms with Gasteiger partial charge in [0.05, 0.1) is 5.56 Å². The molecule has 5 nitrogen and oxygen atoms in total. The van der Waals surface area contributed by atoms with Crippen LogP contribution in [0.5, 0.6) is 5.75 Å². The van der Waals surface area contributed by atoms with Crippen LogP contribution >= 0.6 is 0 Å². The van der Waals surface area contributed by atoms with Gasteiger partial charge in [-0.3, -0.25) is 9.69 Å². The molecule has 1 atom stereocenters. The third kappa shape index (κ3) is 5.48. The summed E-state index contributed by atoms with van der Waals surface area (Å²) in [4.78, 5) is 15.1. The molecule has 0 radical (unpaired) electrons. The highest BCUT2D eigenvalue weighted by Gasteiger charge is 2.30. The van der Waals surface area contributed by atoms with E-state index in [1.54, 1.807) is 0 Å². The lowest BCUT2D eigenvalue weighted by atomic mass is 10.0. The molecule has 0 aromatic heterocycles. The van der Waals surface area contributed by atoms with Crippen LogP contribution in [-0.4, -0.2) is 36.7 Å². The molecule has 2 aromatic carbocycles. The van der Waals surface area contributed by atoms with E-state index in [2.05, 4.69) is 15.0 Å². The van der Waals surface area contributed by atoms with E-state index in [1.807, 2.05) is 36.4 Å². The molecular weight excluding hydrogens is 383 g/mol. The van der Waals surface area contributed by atoms with Crippen LogP contribution in [0.3, 0.4) is 0 Å². The Morgan fingerprint density at radius 3 is 2.48 bits per heavy atom. The molecule has 1 fully saturated rings. The van der Waals surface area contributed by atoms with E-state index in [0.29, 0.717) is 5.69 Å². The highest BCUT2D eigenvalue weighted by atomic mass is 19.4. The highest BCUT2D eigenvalue weighted by Crippen LogP contribution is 2.28. The van der Waals surface area contributed by atoms with E-state index in [9.17, 15) is 23.2 Å². The fraction of sp³-hybridized carbons (Fsp3) is 0.333. The Balaban J connectivity index is 1.78. The molecule has 0 bridgehead atoms. The summed E-state index contributed by atoms with van der Waals surface area (Å²) in [7, 11) is 0. The number of anilines is 1. The number of carbonyl (C=O) groups excluding carboxylic acids is 1. The van der Waals surface area contributed by atoms with Gasteiger partial charge >= 0.3 is 6.18 Å². The van der Waals surface area contributed by atoms with Gasteiger partial charge in [-0.15, -0.1) is 0 Å². The number of carbonyl (C=O) groups is 1. The maximum Gasteiger partial charge on any atom is 0.422 e. The number of rotatable bonds is 6. The van der Waals surface area contributed by atoms with E-state index in [-0.39, 0.29) is 17.2 Å². The van der Waals surface area contributed by atoms with Gasteiger partial charge in [-0.25, -0.2) is 0 Å². The van der Waals surface area contributed by atoms with Gasteiger partial charge in [0.25, 0.3) is 0 Å². The molecule has 0 saturated carbocycles. The lowest BCUT2D eigenvalue weighted by Gasteiger charge is -2.27. The summed E-state index contributed by atoms with van der Waals surface area (Å²) in [5.74, 6) is -0.437. The van der Waals surface area contributed by atoms with Gasteiger partial charge in [0, 0.05) is 5.69 Å². The lowest BCUT2D eigenvalue weighted by molar-refractivity contribution is -0.153. The largest absolute Gasteiger partial charge is 0.483 e. The number of amides is 1. The van der Waals surface area contributed by atoms with Crippen molar-refractivity contribution in [2.24, 2.45) is 0 Å². The topological polar surface area (TPSA) is 65.4 Å². The zero-order chi connectivity index (χ0) is 20.9. The Bertz CT molecular complexity index is 888. The van der Waals surface area contributed by atoms with Gasteiger partial charge in [0.15, 0.2) is 6.61 Å². The number of hydrogen-bond acceptors (Lipinski definition) is 4. The van der Waals surface area contributed by atoms with Crippen LogP contribution in [0.2, 0.25) is 0 Å². The zero-order valence-corrected chi connectivity index (χ0v) is 15.6. The number of benzene rings is 2. The Labute approximate surface area is 166 Å². The predicted molar refractivity (Wildman–Crippen MR) is 101 cm³/mol. The number of nitriles is 1. The van der Waals surface area contributed by atoms with E-state index >= 15 is 0 Å². The smallest absolute Gasteiger partial charge is 0.422 e. The summed E-state index contributed by atoms with van der Waals surface area (Å²) >= 11 is 0. The zero-order valence-electron chi connectivity index (χ0n) is 15.6. The number of likely N-dealkylation sites (tertiary alicyclic amines) is 1. The second kappa shape index (κ2) is 8.97. The quantitative estimate of drug-likeness (QED) is 0.782. The summed E-state index contributed by atoms with van der Waals surface area (Å²) in [5.41, 5.74) is 1.10. The summed E-state index contributed by atoms with van der Waals surface area (Å²) in [6, 6.07) is 14.7. The first-order chi connectivity index (χ1) is 13.9. The van der Waals surface area contributed by atoms with Crippen LogP contribution in [0.1, 0.15) is 30.0 Å². The Morgan fingerprint density at radius 2 is 1.86 bits per heavy atom. The van der Waals surface area contributed by atoms with Crippen molar-refractivity contribution in [1.29, 1.82) is 5.26 Å². The molecule has 0 spiro atoms. The fourth-order valence-corrected chi connectivity index (χ4v) is 3.35. The van der Waals surface area contributed by atoms with Crippen molar-refractivity contribution in [1.82, 2.24) is 4.90 Å². The standard InChI is InChI=1S/C21H20F3N3O2/c22-21(23,24)14-29-18-9-8-17(12-16(18)13-25)26-20(28)19(27-10-4-5-11-27)15-6-2-1-3-7-15/h1-3,6-9,12,19H,4-5,10-11,14H2,(H,26,28). The fourth-order valence-electron chi connectivity index (χ4n) is 3.35. The van der Waals surface area contributed by atoms with Crippen molar-refractivity contribution in [2.75, 3.05) is 25.0 Å². The second-order valence-corrected chi connectivity index (χ2v) is 6.77. The van der Waals surface area contributed by atoms with Crippen LogP contribution in [0.15, 0.2) is 48.5 Å². The Hall–Kier alpha value is -3.05. The van der Waals surface area contributed by atoms with Gasteiger partial charge in [-0.1, -0.05) is 30.3 Å². The molecule has 1 unspecified atom stereocenters. The Morgan fingerprint density at radius 1 is 1.17 bits per heavy atom. The molecule has 8 heteroatoms. The summed E-state index contributed by atoms with van der Waals surface area (Å²) < 4.78 is 41.8. The number of halogens is 3. The number of nitrogens with zero attached hydrogens (tertiary/aromatic N) is 2. The summed E-state index contributed by atoms with van der Waals surface area (Å²) in [6.45, 7) is 0.125. The van der Waals surface area contributed by atoms with Gasteiger partial charge in [-0.05, 0) is 49.7 Å². The molecule has 1 N–H and O–H groups in total. The molecule has 1 saturated heterocycles. The number of hydrogen-bond donors (Lipinski definition) is 1. The van der Waals surface area contributed by atoms with Crippen LogP contribution in [-0.2, 0) is 4.79 Å². The van der Waals surface area contributed by atoms with Gasteiger partial charge in [0.1, 0.15) is 17.9 Å². The normalized spacial score (nSPS) is 15.5. The molecule has 0 aliphatic carbocycles. The first kappa shape index (κ1) is 20.7. The van der Waals surface area contributed by atoms with E-state index in [1.165, 1.54) is 18.2 Å². The molecule has 1 aliphatic rings. The Kier molecular flexibility index (Phi) is 6.39. The van der Waals surface area contributed by atoms with Crippen molar-refractivity contribution < 1.29 is 22.7 Å². The second-order valence-electron chi connectivity index (χ2n) is 6.77. The van der Waals surface area contributed by atoms with E-state index in [0.717, 1.165) is 31.5 Å². The maximum absolute atomic E-state index is 13.0. The minimum absolute atomic E-state index is 0.0792. The minimum Gasteiger partial charge on any atom is -0.483 e. The number of nitrogens with one attached hydrogen (secondary N) is 1. The SMILES string of the molecule is N#Cc1cc(NC(=O)C(c2ccccc2)N2CCCC2)ccc1OCC(F)(F)F. The van der Waals surface area contributed by atoms with Crippen molar-refractivity contribution in [3.63, 3.8) is 0 Å². The first-order valence-electron chi connectivity index (χ1n) is 9.21. The monoisotopic (exact) mass is 403 g/mol. The minimum atomic E-state index is -4.50. The average Bonchev–Trinajstić information content (AvgIpc) is 3.21. The predicted octanol–water partition coefficient (Wildman–Crippen LogP) is 4.27. The third-order valence-corrected chi connectivity index (χ3v) is 4.63. The molecular formula is C21H20F3N3O2. The molecule has 152 valence electrons. The summed E-state index contributed by atoms with van der Waals surface area (Å²) in [6.07, 6.45) is -2.47. The van der Waals surface area contributed by atoms with Gasteiger partial charge < -0.3 is 10.1 Å². The van der Waals surface area contributed by atoms with Gasteiger partial charge in [0.2, 0.25) is 5.91 Å². The lowest BCUT2D eigenvalue weighted by Crippen LogP contribution is -2.35. The van der Waals surface area contributed by atoms with Crippen molar-refractivity contribution >= 4 is 11.6 Å². The molecule has 29 heavy (non-hydrogen) atoms. The molecule has 1 aliphatic heterocycles. The summed E-state index contributed by atoms with van der Waals surface area (Å²) in [5, 5.41) is 12.0. The van der Waals surface area contributed by atoms with Crippen LogP contribution in [0.4, 0.5) is 18.9 Å². The van der Waals surface area contributed by atoms with Crippen molar-refractivity contribution in [3.8, 4) is 11.8 Å². The number of alkyl halides is 3. The highest BCUT2D eigenvalue weighted by molar-refractivity contribution is 5.95. The van der Waals surface area contributed by atoms with E-state index < -0.39 is 18.8 Å².